The van der Waals surface area contributed by atoms with Crippen molar-refractivity contribution in [3.8, 4) is 5.69 Å². The largest absolute Gasteiger partial charge is 0.416 e. The van der Waals surface area contributed by atoms with Crippen LogP contribution >= 0.6 is 0 Å². The van der Waals surface area contributed by atoms with E-state index in [2.05, 4.69) is 0 Å². The summed E-state index contributed by atoms with van der Waals surface area (Å²) in [6.45, 7) is 3.54. The first-order chi connectivity index (χ1) is 10.3. The third kappa shape index (κ3) is 2.98. The number of hydrogen-bond donors (Lipinski definition) is 0. The van der Waals surface area contributed by atoms with E-state index in [-0.39, 0.29) is 12.2 Å². The van der Waals surface area contributed by atoms with Crippen LogP contribution in [0.2, 0.25) is 0 Å². The van der Waals surface area contributed by atoms with Crippen molar-refractivity contribution >= 4 is 0 Å². The summed E-state index contributed by atoms with van der Waals surface area (Å²) < 4.78 is 40.6. The molecular formula is C15H15F3N2O2. The highest BCUT2D eigenvalue weighted by atomic mass is 19.4. The Morgan fingerprint density at radius 2 is 1.82 bits per heavy atom. The molecule has 2 rings (SSSR count). The monoisotopic (exact) mass is 312 g/mol. The Bertz CT molecular complexity index is 804. The van der Waals surface area contributed by atoms with E-state index in [1.54, 1.807) is 6.92 Å². The van der Waals surface area contributed by atoms with Gasteiger partial charge in [-0.15, -0.1) is 0 Å². The van der Waals surface area contributed by atoms with Crippen LogP contribution in [-0.2, 0) is 12.7 Å². The molecule has 4 nitrogen and oxygen atoms in total. The van der Waals surface area contributed by atoms with Gasteiger partial charge in [-0.3, -0.25) is 13.9 Å². The summed E-state index contributed by atoms with van der Waals surface area (Å²) in [5.74, 6) is 0. The fourth-order valence-corrected chi connectivity index (χ4v) is 2.25. The highest BCUT2D eigenvalue weighted by Gasteiger charge is 2.30. The lowest BCUT2D eigenvalue weighted by Gasteiger charge is -2.14. The van der Waals surface area contributed by atoms with Crippen LogP contribution < -0.4 is 11.2 Å². The molecule has 1 aromatic heterocycles. The maximum Gasteiger partial charge on any atom is 0.416 e. The third-order valence-electron chi connectivity index (χ3n) is 3.25. The number of alkyl halides is 3. The lowest BCUT2D eigenvalue weighted by atomic mass is 10.2. The number of aromatic nitrogens is 2. The van der Waals surface area contributed by atoms with Crippen molar-refractivity contribution in [3.05, 3.63) is 62.4 Å². The molecule has 0 spiro atoms. The lowest BCUT2D eigenvalue weighted by Crippen LogP contribution is -2.39. The molecule has 1 aromatic carbocycles. The average Bonchev–Trinajstić information content (AvgIpc) is 2.42. The summed E-state index contributed by atoms with van der Waals surface area (Å²) in [5.41, 5.74) is -1.55. The van der Waals surface area contributed by atoms with Crippen LogP contribution in [0.3, 0.4) is 0 Å². The second-order valence-electron chi connectivity index (χ2n) is 4.94. The molecule has 0 aliphatic heterocycles. The molecule has 118 valence electrons. The first-order valence-corrected chi connectivity index (χ1v) is 6.77. The number of rotatable bonds is 3. The van der Waals surface area contributed by atoms with Gasteiger partial charge in [-0.25, -0.2) is 4.79 Å². The molecular weight excluding hydrogens is 297 g/mol. The molecule has 0 aliphatic rings. The van der Waals surface area contributed by atoms with Crippen LogP contribution in [0.25, 0.3) is 5.69 Å². The highest BCUT2D eigenvalue weighted by Crippen LogP contribution is 2.30. The minimum Gasteiger partial charge on any atom is -0.269 e. The Morgan fingerprint density at radius 3 is 2.41 bits per heavy atom. The van der Waals surface area contributed by atoms with Gasteiger partial charge >= 0.3 is 11.9 Å². The molecule has 2 aromatic rings. The number of nitrogens with zero attached hydrogens (tertiary/aromatic N) is 2. The van der Waals surface area contributed by atoms with Crippen LogP contribution in [-0.4, -0.2) is 9.13 Å². The summed E-state index contributed by atoms with van der Waals surface area (Å²) in [6.07, 6.45) is -3.92. The highest BCUT2D eigenvalue weighted by molar-refractivity contribution is 5.38. The van der Waals surface area contributed by atoms with Gasteiger partial charge in [0.15, 0.2) is 0 Å². The van der Waals surface area contributed by atoms with Crippen LogP contribution in [0, 0.1) is 6.92 Å². The van der Waals surface area contributed by atoms with E-state index in [0.717, 1.165) is 21.3 Å². The predicted molar refractivity (Wildman–Crippen MR) is 76.3 cm³/mol. The van der Waals surface area contributed by atoms with E-state index < -0.39 is 23.0 Å². The van der Waals surface area contributed by atoms with Gasteiger partial charge in [-0.2, -0.15) is 13.2 Å². The summed E-state index contributed by atoms with van der Waals surface area (Å²) in [7, 11) is 0. The molecule has 0 radical (unpaired) electrons. The molecule has 7 heteroatoms. The lowest BCUT2D eigenvalue weighted by molar-refractivity contribution is -0.137. The maximum atomic E-state index is 12.8. The minimum absolute atomic E-state index is 0.0854. The molecule has 0 aliphatic carbocycles. The molecule has 0 atom stereocenters. The van der Waals surface area contributed by atoms with Crippen LogP contribution in [0.5, 0.6) is 0 Å². The molecule has 0 saturated heterocycles. The fraction of sp³-hybridized carbons (Fsp3) is 0.333. The zero-order chi connectivity index (χ0) is 16.5. The van der Waals surface area contributed by atoms with Crippen molar-refractivity contribution in [2.24, 2.45) is 0 Å². The van der Waals surface area contributed by atoms with Crippen LogP contribution in [0.4, 0.5) is 13.2 Å². The summed E-state index contributed by atoms with van der Waals surface area (Å²) >= 11 is 0. The molecule has 0 fully saturated rings. The third-order valence-corrected chi connectivity index (χ3v) is 3.25. The number of aryl methyl sites for hydroxylation is 1. The van der Waals surface area contributed by atoms with Crippen molar-refractivity contribution in [3.63, 3.8) is 0 Å². The Hall–Kier alpha value is -2.31. The first kappa shape index (κ1) is 16.1. The van der Waals surface area contributed by atoms with Gasteiger partial charge in [0.25, 0.3) is 5.56 Å². The zero-order valence-electron chi connectivity index (χ0n) is 12.1. The van der Waals surface area contributed by atoms with E-state index >= 15 is 0 Å². The SMILES string of the molecule is CCCn1c(=O)cc(C)n(-c2cccc(C(F)(F)F)c2)c1=O. The van der Waals surface area contributed by atoms with E-state index in [1.807, 2.05) is 0 Å². The number of hydrogen-bond acceptors (Lipinski definition) is 2. The average molecular weight is 312 g/mol. The summed E-state index contributed by atoms with van der Waals surface area (Å²) in [5, 5.41) is 0. The van der Waals surface area contributed by atoms with E-state index in [0.29, 0.717) is 12.1 Å². The van der Waals surface area contributed by atoms with Crippen molar-refractivity contribution in [2.75, 3.05) is 0 Å². The molecule has 22 heavy (non-hydrogen) atoms. The Kier molecular flexibility index (Phi) is 4.25. The second kappa shape index (κ2) is 5.82. The number of benzene rings is 1. The Morgan fingerprint density at radius 1 is 1.14 bits per heavy atom. The maximum absolute atomic E-state index is 12.8. The van der Waals surface area contributed by atoms with Crippen molar-refractivity contribution in [1.29, 1.82) is 0 Å². The van der Waals surface area contributed by atoms with Crippen molar-refractivity contribution < 1.29 is 13.2 Å². The molecule has 0 N–H and O–H groups in total. The van der Waals surface area contributed by atoms with Gasteiger partial charge in [0.1, 0.15) is 0 Å². The predicted octanol–water partition coefficient (Wildman–Crippen LogP) is 2.74. The quantitative estimate of drug-likeness (QED) is 0.875. The number of halogens is 3. The molecule has 0 saturated carbocycles. The summed E-state index contributed by atoms with van der Waals surface area (Å²) in [6, 6.07) is 5.72. The van der Waals surface area contributed by atoms with Gasteiger partial charge in [0.05, 0.1) is 11.3 Å². The smallest absolute Gasteiger partial charge is 0.269 e. The molecule has 0 bridgehead atoms. The fourth-order valence-electron chi connectivity index (χ4n) is 2.25. The molecule has 0 amide bonds. The molecule has 0 unspecified atom stereocenters. The zero-order valence-corrected chi connectivity index (χ0v) is 12.1. The normalized spacial score (nSPS) is 11.7. The topological polar surface area (TPSA) is 44.0 Å². The molecule has 1 heterocycles. The summed E-state index contributed by atoms with van der Waals surface area (Å²) in [4.78, 5) is 24.2. The first-order valence-electron chi connectivity index (χ1n) is 6.77. The van der Waals surface area contributed by atoms with E-state index in [1.165, 1.54) is 25.1 Å². The van der Waals surface area contributed by atoms with Gasteiger partial charge in [-0.05, 0) is 31.5 Å². The Labute approximate surface area is 124 Å². The van der Waals surface area contributed by atoms with Crippen molar-refractivity contribution in [1.82, 2.24) is 9.13 Å². The van der Waals surface area contributed by atoms with E-state index in [9.17, 15) is 22.8 Å². The van der Waals surface area contributed by atoms with E-state index in [4.69, 9.17) is 0 Å². The van der Waals surface area contributed by atoms with Crippen molar-refractivity contribution in [2.45, 2.75) is 33.0 Å². The minimum atomic E-state index is -4.49. The standard InChI is InChI=1S/C15H15F3N2O2/c1-3-7-19-13(21)8-10(2)20(14(19)22)12-6-4-5-11(9-12)15(16,17)18/h4-6,8-9H,3,7H2,1-2H3. The van der Waals surface area contributed by atoms with Gasteiger partial charge in [-0.1, -0.05) is 13.0 Å². The van der Waals surface area contributed by atoms with Crippen LogP contribution in [0.15, 0.2) is 39.9 Å². The van der Waals surface area contributed by atoms with Gasteiger partial charge in [0, 0.05) is 18.3 Å². The second-order valence-corrected chi connectivity index (χ2v) is 4.94. The Balaban J connectivity index is 2.71. The van der Waals surface area contributed by atoms with Gasteiger partial charge < -0.3 is 0 Å². The van der Waals surface area contributed by atoms with Crippen LogP contribution in [0.1, 0.15) is 24.6 Å². The van der Waals surface area contributed by atoms with Gasteiger partial charge in [0.2, 0.25) is 0 Å².